The van der Waals surface area contributed by atoms with Gasteiger partial charge < -0.3 is 9.64 Å². The van der Waals surface area contributed by atoms with E-state index in [0.717, 1.165) is 23.4 Å². The molecule has 1 saturated heterocycles. The molecule has 1 N–H and O–H groups in total. The number of methoxy groups -OCH3 is 1. The van der Waals surface area contributed by atoms with Gasteiger partial charge in [-0.3, -0.25) is 4.79 Å². The second-order valence-corrected chi connectivity index (χ2v) is 6.92. The standard InChI is InChI=1S/C22H27NO2/c1-25-20-13-11-19(12-14-20)22(24)21(18-9-5-4-6-10-18)17-23-15-7-2-3-8-16-23/h4-6,9-14,21H,2-3,7-8,15-17H2,1H3/p+1/t21-/m1/s1. The summed E-state index contributed by atoms with van der Waals surface area (Å²) in [5.74, 6) is 0.916. The van der Waals surface area contributed by atoms with Gasteiger partial charge in [0.1, 0.15) is 5.75 Å². The van der Waals surface area contributed by atoms with Crippen molar-refractivity contribution in [1.82, 2.24) is 0 Å². The summed E-state index contributed by atoms with van der Waals surface area (Å²) < 4.78 is 5.21. The molecule has 3 rings (SSSR count). The first kappa shape index (κ1) is 17.7. The van der Waals surface area contributed by atoms with Gasteiger partial charge in [-0.05, 0) is 55.5 Å². The van der Waals surface area contributed by atoms with Gasteiger partial charge in [-0.25, -0.2) is 0 Å². The van der Waals surface area contributed by atoms with E-state index in [4.69, 9.17) is 4.74 Å². The highest BCUT2D eigenvalue weighted by Gasteiger charge is 2.27. The van der Waals surface area contributed by atoms with Crippen LogP contribution < -0.4 is 9.64 Å². The maximum atomic E-state index is 13.3. The number of benzene rings is 2. The average Bonchev–Trinajstić information content (AvgIpc) is 2.95. The predicted molar refractivity (Wildman–Crippen MR) is 101 cm³/mol. The Kier molecular flexibility index (Phi) is 6.24. The minimum absolute atomic E-state index is 0.0808. The number of likely N-dealkylation sites (tertiary alicyclic amines) is 1. The lowest BCUT2D eigenvalue weighted by atomic mass is 9.90. The number of rotatable bonds is 6. The Hall–Kier alpha value is -2.13. The van der Waals surface area contributed by atoms with Crippen molar-refractivity contribution in [2.75, 3.05) is 26.7 Å². The average molecular weight is 338 g/mol. The third-order valence-corrected chi connectivity index (χ3v) is 5.20. The fraction of sp³-hybridized carbons (Fsp3) is 0.409. The summed E-state index contributed by atoms with van der Waals surface area (Å²) in [6, 6.07) is 17.7. The zero-order valence-corrected chi connectivity index (χ0v) is 15.0. The number of carbonyl (C=O) groups is 1. The molecule has 132 valence electrons. The van der Waals surface area contributed by atoms with Gasteiger partial charge in [0.25, 0.3) is 0 Å². The van der Waals surface area contributed by atoms with Crippen molar-refractivity contribution in [3.8, 4) is 5.75 Å². The van der Waals surface area contributed by atoms with Crippen LogP contribution in [-0.4, -0.2) is 32.5 Å². The molecule has 1 aliphatic heterocycles. The molecule has 3 nitrogen and oxygen atoms in total. The predicted octanol–water partition coefficient (Wildman–Crippen LogP) is 3.12. The summed E-state index contributed by atoms with van der Waals surface area (Å²) in [5, 5.41) is 0. The van der Waals surface area contributed by atoms with Crippen molar-refractivity contribution in [1.29, 1.82) is 0 Å². The smallest absolute Gasteiger partial charge is 0.175 e. The molecule has 1 fully saturated rings. The fourth-order valence-electron chi connectivity index (χ4n) is 3.73. The summed E-state index contributed by atoms with van der Waals surface area (Å²) >= 11 is 0. The van der Waals surface area contributed by atoms with Gasteiger partial charge in [-0.1, -0.05) is 30.3 Å². The molecular weight excluding hydrogens is 310 g/mol. The molecule has 0 amide bonds. The van der Waals surface area contributed by atoms with Gasteiger partial charge in [0.15, 0.2) is 5.78 Å². The molecular formula is C22H28NO2+. The van der Waals surface area contributed by atoms with E-state index in [0.29, 0.717) is 0 Å². The van der Waals surface area contributed by atoms with Gasteiger partial charge in [0.05, 0.1) is 32.7 Å². The maximum absolute atomic E-state index is 13.3. The first-order chi connectivity index (χ1) is 12.3. The van der Waals surface area contributed by atoms with E-state index in [1.165, 1.54) is 38.8 Å². The van der Waals surface area contributed by atoms with Crippen LogP contribution in [0.4, 0.5) is 0 Å². The zero-order valence-electron chi connectivity index (χ0n) is 15.0. The van der Waals surface area contributed by atoms with Gasteiger partial charge >= 0.3 is 0 Å². The number of Topliss-reactive ketones (excluding diaryl/α,β-unsaturated/α-hetero) is 1. The molecule has 0 spiro atoms. The Labute approximate surface area is 150 Å². The van der Waals surface area contributed by atoms with E-state index in [1.807, 2.05) is 42.5 Å². The Balaban J connectivity index is 1.83. The van der Waals surface area contributed by atoms with Crippen molar-refractivity contribution in [3.63, 3.8) is 0 Å². The number of hydrogen-bond acceptors (Lipinski definition) is 2. The summed E-state index contributed by atoms with van der Waals surface area (Å²) in [4.78, 5) is 14.8. The number of carbonyl (C=O) groups excluding carboxylic acids is 1. The SMILES string of the molecule is COc1ccc(C(=O)[C@H](C[NH+]2CCCCCC2)c2ccccc2)cc1. The third kappa shape index (κ3) is 4.70. The van der Waals surface area contributed by atoms with Crippen molar-refractivity contribution in [2.24, 2.45) is 0 Å². The number of quaternary nitrogens is 1. The van der Waals surface area contributed by atoms with Crippen LogP contribution in [-0.2, 0) is 0 Å². The first-order valence-corrected chi connectivity index (χ1v) is 9.34. The summed E-state index contributed by atoms with van der Waals surface area (Å²) in [5.41, 5.74) is 1.89. The molecule has 1 heterocycles. The number of nitrogens with one attached hydrogen (secondary N) is 1. The summed E-state index contributed by atoms with van der Waals surface area (Å²) in [7, 11) is 1.65. The molecule has 0 bridgehead atoms. The van der Waals surface area contributed by atoms with Gasteiger partial charge in [-0.2, -0.15) is 0 Å². The molecule has 0 aliphatic carbocycles. The maximum Gasteiger partial charge on any atom is 0.175 e. The normalized spacial score (nSPS) is 16.8. The molecule has 0 radical (unpaired) electrons. The zero-order chi connectivity index (χ0) is 17.5. The van der Waals surface area contributed by atoms with Crippen molar-refractivity contribution in [2.45, 2.75) is 31.6 Å². The van der Waals surface area contributed by atoms with Gasteiger partial charge in [0, 0.05) is 5.56 Å². The second-order valence-electron chi connectivity index (χ2n) is 6.92. The van der Waals surface area contributed by atoms with Crippen LogP contribution in [0.15, 0.2) is 54.6 Å². The topological polar surface area (TPSA) is 30.7 Å². The third-order valence-electron chi connectivity index (χ3n) is 5.20. The monoisotopic (exact) mass is 338 g/mol. The van der Waals surface area contributed by atoms with E-state index < -0.39 is 0 Å². The Bertz CT molecular complexity index is 658. The molecule has 2 aromatic carbocycles. The molecule has 3 heteroatoms. The molecule has 2 aromatic rings. The van der Waals surface area contributed by atoms with Crippen LogP contribution in [0.5, 0.6) is 5.75 Å². The quantitative estimate of drug-likeness (QED) is 0.821. The van der Waals surface area contributed by atoms with Crippen molar-refractivity contribution in [3.05, 3.63) is 65.7 Å². The molecule has 25 heavy (non-hydrogen) atoms. The van der Waals surface area contributed by atoms with Crippen LogP contribution in [0.2, 0.25) is 0 Å². The van der Waals surface area contributed by atoms with Crippen LogP contribution in [0.25, 0.3) is 0 Å². The van der Waals surface area contributed by atoms with Crippen LogP contribution in [0, 0.1) is 0 Å². The summed E-state index contributed by atoms with van der Waals surface area (Å²) in [6.45, 7) is 3.24. The molecule has 1 atom stereocenters. The minimum atomic E-state index is -0.0808. The molecule has 0 saturated carbocycles. The Morgan fingerprint density at radius 3 is 2.20 bits per heavy atom. The van der Waals surface area contributed by atoms with E-state index in [2.05, 4.69) is 12.1 Å². The Morgan fingerprint density at radius 1 is 0.960 bits per heavy atom. The molecule has 1 aliphatic rings. The van der Waals surface area contributed by atoms with E-state index in [-0.39, 0.29) is 11.7 Å². The van der Waals surface area contributed by atoms with Crippen molar-refractivity contribution < 1.29 is 14.4 Å². The van der Waals surface area contributed by atoms with Gasteiger partial charge in [0.2, 0.25) is 0 Å². The first-order valence-electron chi connectivity index (χ1n) is 9.34. The summed E-state index contributed by atoms with van der Waals surface area (Å²) in [6.07, 6.45) is 5.19. The number of hydrogen-bond donors (Lipinski definition) is 1. The van der Waals surface area contributed by atoms with Crippen LogP contribution in [0.1, 0.15) is 47.5 Å². The second kappa shape index (κ2) is 8.82. The van der Waals surface area contributed by atoms with E-state index in [1.54, 1.807) is 12.0 Å². The van der Waals surface area contributed by atoms with Gasteiger partial charge in [-0.15, -0.1) is 0 Å². The highest BCUT2D eigenvalue weighted by molar-refractivity contribution is 6.01. The van der Waals surface area contributed by atoms with Crippen molar-refractivity contribution >= 4 is 5.78 Å². The number of ketones is 1. The fourth-order valence-corrected chi connectivity index (χ4v) is 3.73. The highest BCUT2D eigenvalue weighted by Crippen LogP contribution is 2.22. The molecule has 0 unspecified atom stereocenters. The lowest BCUT2D eigenvalue weighted by Gasteiger charge is -2.23. The van der Waals surface area contributed by atoms with Crippen LogP contribution in [0.3, 0.4) is 0 Å². The van der Waals surface area contributed by atoms with E-state index in [9.17, 15) is 4.79 Å². The number of ether oxygens (including phenoxy) is 1. The van der Waals surface area contributed by atoms with Crippen LogP contribution >= 0.6 is 0 Å². The largest absolute Gasteiger partial charge is 0.497 e. The minimum Gasteiger partial charge on any atom is -0.497 e. The molecule has 0 aromatic heterocycles. The lowest BCUT2D eigenvalue weighted by molar-refractivity contribution is -0.899. The lowest BCUT2D eigenvalue weighted by Crippen LogP contribution is -3.12. The van der Waals surface area contributed by atoms with E-state index >= 15 is 0 Å². The highest BCUT2D eigenvalue weighted by atomic mass is 16.5. The Morgan fingerprint density at radius 2 is 1.60 bits per heavy atom.